The Hall–Kier alpha value is -3.25. The molecule has 0 saturated carbocycles. The van der Waals surface area contributed by atoms with E-state index in [0.29, 0.717) is 79.3 Å². The number of sulfonamides is 1. The quantitative estimate of drug-likeness (QED) is 0.373. The average molecular weight is 546 g/mol. The van der Waals surface area contributed by atoms with Gasteiger partial charge in [-0.05, 0) is 63.1 Å². The fourth-order valence-corrected chi connectivity index (χ4v) is 6.54. The van der Waals surface area contributed by atoms with Crippen molar-refractivity contribution in [2.24, 2.45) is 13.0 Å². The van der Waals surface area contributed by atoms with Crippen molar-refractivity contribution in [1.82, 2.24) is 24.1 Å². The molecule has 0 radical (unpaired) electrons. The Morgan fingerprint density at radius 1 is 1.24 bits per heavy atom. The van der Waals surface area contributed by atoms with Gasteiger partial charge in [0.1, 0.15) is 17.1 Å². The zero-order chi connectivity index (χ0) is 27.4. The molecule has 0 spiro atoms. The van der Waals surface area contributed by atoms with Gasteiger partial charge >= 0.3 is 5.97 Å². The van der Waals surface area contributed by atoms with Crippen LogP contribution in [0, 0.1) is 5.92 Å². The highest BCUT2D eigenvalue weighted by Crippen LogP contribution is 2.33. The Bertz CT molecular complexity index is 1470. The summed E-state index contributed by atoms with van der Waals surface area (Å²) in [5, 5.41) is 13.3. The maximum Gasteiger partial charge on any atom is 0.303 e. The van der Waals surface area contributed by atoms with Crippen molar-refractivity contribution in [2.75, 3.05) is 19.7 Å². The lowest BCUT2D eigenvalue weighted by molar-refractivity contribution is -0.137. The first-order chi connectivity index (χ1) is 18.1. The van der Waals surface area contributed by atoms with Gasteiger partial charge in [0.2, 0.25) is 10.0 Å². The number of nitrogens with one attached hydrogen (secondary N) is 1. The van der Waals surface area contributed by atoms with Crippen LogP contribution in [0.5, 0.6) is 5.75 Å². The van der Waals surface area contributed by atoms with E-state index in [2.05, 4.69) is 10.1 Å². The van der Waals surface area contributed by atoms with E-state index < -0.39 is 16.0 Å². The Labute approximate surface area is 221 Å². The number of benzene rings is 1. The van der Waals surface area contributed by atoms with E-state index in [1.807, 2.05) is 13.8 Å². The summed E-state index contributed by atoms with van der Waals surface area (Å²) >= 11 is 0. The standard InChI is InChI=1S/C26H35N5O6S/c1-4-7-20-23-24(30(3)29-20)26(34)28-25(27-23)19-16-18(10-11-21(19)37-5-2)38(35,36)31-14-12-17(13-15-31)8-6-9-22(32)33/h10-11,16-17H,4-9,12-15H2,1-3H3,(H,32,33)(H,27,28,34). The highest BCUT2D eigenvalue weighted by Gasteiger charge is 2.30. The predicted octanol–water partition coefficient (Wildman–Crippen LogP) is 3.33. The fraction of sp³-hybridized carbons (Fsp3) is 0.538. The number of hydrogen-bond donors (Lipinski definition) is 2. The molecule has 206 valence electrons. The van der Waals surface area contributed by atoms with Crippen LogP contribution in [0.3, 0.4) is 0 Å². The second kappa shape index (κ2) is 11.6. The summed E-state index contributed by atoms with van der Waals surface area (Å²) in [5.41, 5.74) is 1.61. The molecule has 0 aliphatic carbocycles. The van der Waals surface area contributed by atoms with Crippen molar-refractivity contribution in [1.29, 1.82) is 0 Å². The van der Waals surface area contributed by atoms with E-state index in [0.717, 1.165) is 12.8 Å². The molecule has 12 heteroatoms. The van der Waals surface area contributed by atoms with Crippen molar-refractivity contribution in [3.63, 3.8) is 0 Å². The molecule has 11 nitrogen and oxygen atoms in total. The predicted molar refractivity (Wildman–Crippen MR) is 143 cm³/mol. The minimum absolute atomic E-state index is 0.1000. The lowest BCUT2D eigenvalue weighted by Gasteiger charge is -2.31. The first-order valence-corrected chi connectivity index (χ1v) is 14.5. The number of H-pyrrole nitrogens is 1. The number of aromatic nitrogens is 4. The number of nitrogens with zero attached hydrogens (tertiary/aromatic N) is 4. The minimum Gasteiger partial charge on any atom is -0.493 e. The fourth-order valence-electron chi connectivity index (χ4n) is 5.04. The van der Waals surface area contributed by atoms with E-state index in [9.17, 15) is 18.0 Å². The maximum absolute atomic E-state index is 13.6. The number of aliphatic carboxylic acids is 1. The van der Waals surface area contributed by atoms with Crippen LogP contribution >= 0.6 is 0 Å². The van der Waals surface area contributed by atoms with Crippen molar-refractivity contribution in [3.8, 4) is 17.1 Å². The number of aryl methyl sites for hydroxylation is 2. The van der Waals surface area contributed by atoms with Gasteiger partial charge in [-0.1, -0.05) is 13.3 Å². The summed E-state index contributed by atoms with van der Waals surface area (Å²) in [6.07, 6.45) is 4.39. The van der Waals surface area contributed by atoms with Gasteiger partial charge in [-0.3, -0.25) is 14.3 Å². The Kier molecular flexibility index (Phi) is 8.51. The van der Waals surface area contributed by atoms with Gasteiger partial charge in [0.15, 0.2) is 5.52 Å². The molecule has 0 atom stereocenters. The van der Waals surface area contributed by atoms with Crippen molar-refractivity contribution < 1.29 is 23.1 Å². The number of hydrogen-bond acceptors (Lipinski definition) is 7. The minimum atomic E-state index is -3.80. The van der Waals surface area contributed by atoms with E-state index in [4.69, 9.17) is 14.8 Å². The number of carboxylic acid groups (broad SMARTS) is 1. The molecule has 1 fully saturated rings. The summed E-state index contributed by atoms with van der Waals surface area (Å²) in [4.78, 5) is 31.4. The van der Waals surface area contributed by atoms with E-state index in [-0.39, 0.29) is 22.7 Å². The van der Waals surface area contributed by atoms with Gasteiger partial charge in [0, 0.05) is 26.6 Å². The number of piperidine rings is 1. The van der Waals surface area contributed by atoms with E-state index in [1.54, 1.807) is 13.1 Å². The zero-order valence-electron chi connectivity index (χ0n) is 22.1. The summed E-state index contributed by atoms with van der Waals surface area (Å²) in [6, 6.07) is 4.63. The highest BCUT2D eigenvalue weighted by molar-refractivity contribution is 7.89. The monoisotopic (exact) mass is 545 g/mol. The third-order valence-corrected chi connectivity index (χ3v) is 8.86. The summed E-state index contributed by atoms with van der Waals surface area (Å²) in [7, 11) is -2.10. The number of fused-ring (bicyclic) bond motifs is 1. The van der Waals surface area contributed by atoms with Crippen LogP contribution in [0.15, 0.2) is 27.9 Å². The highest BCUT2D eigenvalue weighted by atomic mass is 32.2. The largest absolute Gasteiger partial charge is 0.493 e. The molecule has 1 aliphatic rings. The molecule has 1 saturated heterocycles. The number of rotatable bonds is 11. The zero-order valence-corrected chi connectivity index (χ0v) is 22.9. The van der Waals surface area contributed by atoms with Crippen molar-refractivity contribution in [3.05, 3.63) is 34.2 Å². The van der Waals surface area contributed by atoms with Crippen molar-refractivity contribution in [2.45, 2.75) is 63.7 Å². The van der Waals surface area contributed by atoms with Gasteiger partial charge in [0.25, 0.3) is 5.56 Å². The van der Waals surface area contributed by atoms with Crippen LogP contribution in [0.1, 0.15) is 58.1 Å². The van der Waals surface area contributed by atoms with Crippen LogP contribution in [0.25, 0.3) is 22.4 Å². The third-order valence-electron chi connectivity index (χ3n) is 6.97. The van der Waals surface area contributed by atoms with Gasteiger partial charge < -0.3 is 14.8 Å². The SMILES string of the molecule is CCCc1nn(C)c2c(=O)[nH]c(-c3cc(S(=O)(=O)N4CCC(CCCC(=O)O)CC4)ccc3OCC)nc12. The van der Waals surface area contributed by atoms with Crippen LogP contribution in [0.2, 0.25) is 0 Å². The molecular weight excluding hydrogens is 510 g/mol. The lowest BCUT2D eigenvalue weighted by Crippen LogP contribution is -2.38. The normalized spacial score (nSPS) is 15.2. The summed E-state index contributed by atoms with van der Waals surface area (Å²) in [5.74, 6) is 0.156. The maximum atomic E-state index is 13.6. The molecule has 3 aromatic rings. The molecule has 1 aliphatic heterocycles. The van der Waals surface area contributed by atoms with E-state index >= 15 is 0 Å². The summed E-state index contributed by atoms with van der Waals surface area (Å²) in [6.45, 7) is 4.96. The number of carbonyl (C=O) groups is 1. The first-order valence-electron chi connectivity index (χ1n) is 13.1. The number of ether oxygens (including phenoxy) is 1. The molecule has 2 aromatic heterocycles. The van der Waals surface area contributed by atoms with Gasteiger partial charge in [-0.25, -0.2) is 13.4 Å². The molecule has 2 N–H and O–H groups in total. The Morgan fingerprint density at radius 3 is 2.63 bits per heavy atom. The van der Waals surface area contributed by atoms with Crippen LogP contribution in [0.4, 0.5) is 0 Å². The average Bonchev–Trinajstić information content (AvgIpc) is 3.20. The van der Waals surface area contributed by atoms with Crippen LogP contribution in [-0.4, -0.2) is 63.2 Å². The molecule has 4 rings (SSSR count). The molecular formula is C26H35N5O6S. The van der Waals surface area contributed by atoms with Gasteiger partial charge in [-0.2, -0.15) is 9.40 Å². The second-order valence-electron chi connectivity index (χ2n) is 9.66. The lowest BCUT2D eigenvalue weighted by atomic mass is 9.92. The third kappa shape index (κ3) is 5.75. The molecule has 38 heavy (non-hydrogen) atoms. The summed E-state index contributed by atoms with van der Waals surface area (Å²) < 4.78 is 35.9. The molecule has 3 heterocycles. The second-order valence-corrected chi connectivity index (χ2v) is 11.6. The number of aromatic amines is 1. The molecule has 0 bridgehead atoms. The topological polar surface area (TPSA) is 147 Å². The number of carboxylic acids is 1. The Morgan fingerprint density at radius 2 is 1.97 bits per heavy atom. The molecule has 0 unspecified atom stereocenters. The first kappa shape index (κ1) is 27.8. The molecule has 1 aromatic carbocycles. The molecule has 0 amide bonds. The van der Waals surface area contributed by atoms with Gasteiger partial charge in [0.05, 0.1) is 22.8 Å². The van der Waals surface area contributed by atoms with Gasteiger partial charge in [-0.15, -0.1) is 0 Å². The smallest absolute Gasteiger partial charge is 0.303 e. The van der Waals surface area contributed by atoms with Crippen LogP contribution in [-0.2, 0) is 28.3 Å². The van der Waals surface area contributed by atoms with E-state index in [1.165, 1.54) is 21.1 Å². The Balaban J connectivity index is 1.66. The van der Waals surface area contributed by atoms with Crippen LogP contribution < -0.4 is 10.3 Å². The van der Waals surface area contributed by atoms with Crippen molar-refractivity contribution >= 4 is 27.0 Å².